The zero-order valence-electron chi connectivity index (χ0n) is 8.75. The molecule has 92 valence electrons. The molecule has 0 atom stereocenters. The van der Waals surface area contributed by atoms with Crippen LogP contribution in [0.3, 0.4) is 0 Å². The van der Waals surface area contributed by atoms with E-state index in [1.165, 1.54) is 24.3 Å². The molecule has 6 heteroatoms. The molecule has 1 saturated carbocycles. The van der Waals surface area contributed by atoms with Crippen molar-refractivity contribution in [2.75, 3.05) is 0 Å². The molecule has 1 fully saturated rings. The molecule has 1 N–H and O–H groups in total. The van der Waals surface area contributed by atoms with Crippen LogP contribution in [0.15, 0.2) is 24.3 Å². The lowest BCUT2D eigenvalue weighted by molar-refractivity contribution is -0.274. The molecule has 0 bridgehead atoms. The van der Waals surface area contributed by atoms with Gasteiger partial charge in [0.2, 0.25) is 6.41 Å². The first-order valence-corrected chi connectivity index (χ1v) is 5.03. The summed E-state index contributed by atoms with van der Waals surface area (Å²) in [5.74, 6) is -0.261. The lowest BCUT2D eigenvalue weighted by atomic mass is 10.1. The van der Waals surface area contributed by atoms with Crippen LogP contribution in [0.25, 0.3) is 0 Å². The van der Waals surface area contributed by atoms with Gasteiger partial charge < -0.3 is 10.1 Å². The summed E-state index contributed by atoms with van der Waals surface area (Å²) in [6.45, 7) is 0. The van der Waals surface area contributed by atoms with Crippen molar-refractivity contribution in [3.8, 4) is 5.75 Å². The Balaban J connectivity index is 2.11. The van der Waals surface area contributed by atoms with Crippen molar-refractivity contribution in [2.45, 2.75) is 24.7 Å². The van der Waals surface area contributed by atoms with Gasteiger partial charge in [-0.15, -0.1) is 13.2 Å². The van der Waals surface area contributed by atoms with Crippen LogP contribution in [0.1, 0.15) is 18.4 Å². The number of ether oxygens (including phenoxy) is 1. The van der Waals surface area contributed by atoms with E-state index in [0.29, 0.717) is 6.41 Å². The van der Waals surface area contributed by atoms with Crippen LogP contribution < -0.4 is 10.1 Å². The van der Waals surface area contributed by atoms with E-state index in [-0.39, 0.29) is 5.75 Å². The molecule has 1 aromatic rings. The van der Waals surface area contributed by atoms with E-state index < -0.39 is 11.9 Å². The largest absolute Gasteiger partial charge is 0.573 e. The van der Waals surface area contributed by atoms with Crippen molar-refractivity contribution in [1.29, 1.82) is 0 Å². The normalized spacial score (nSPS) is 17.4. The van der Waals surface area contributed by atoms with Gasteiger partial charge in [-0.3, -0.25) is 4.79 Å². The highest BCUT2D eigenvalue weighted by molar-refractivity contribution is 5.52. The Morgan fingerprint density at radius 2 is 1.82 bits per heavy atom. The first-order chi connectivity index (χ1) is 7.95. The molecule has 1 amide bonds. The molecule has 3 nitrogen and oxygen atoms in total. The molecular weight excluding hydrogens is 235 g/mol. The summed E-state index contributed by atoms with van der Waals surface area (Å²) in [7, 11) is 0. The van der Waals surface area contributed by atoms with Crippen LogP contribution in [-0.4, -0.2) is 12.8 Å². The molecule has 1 aromatic carbocycles. The highest BCUT2D eigenvalue weighted by Gasteiger charge is 2.44. The molecule has 0 aromatic heterocycles. The van der Waals surface area contributed by atoms with Crippen LogP contribution in [0.2, 0.25) is 0 Å². The average Bonchev–Trinajstić information content (AvgIpc) is 2.98. The molecule has 0 aliphatic heterocycles. The summed E-state index contributed by atoms with van der Waals surface area (Å²) in [5, 5.41) is 2.67. The van der Waals surface area contributed by atoms with Gasteiger partial charge in [0.1, 0.15) is 5.75 Å². The Morgan fingerprint density at radius 3 is 2.24 bits per heavy atom. The van der Waals surface area contributed by atoms with Gasteiger partial charge in [0, 0.05) is 0 Å². The molecular formula is C11H10F3NO2. The van der Waals surface area contributed by atoms with Crippen molar-refractivity contribution in [3.05, 3.63) is 29.8 Å². The highest BCUT2D eigenvalue weighted by atomic mass is 19.4. The van der Waals surface area contributed by atoms with Crippen molar-refractivity contribution in [3.63, 3.8) is 0 Å². The van der Waals surface area contributed by atoms with Crippen molar-refractivity contribution >= 4 is 6.41 Å². The first kappa shape index (κ1) is 11.8. The van der Waals surface area contributed by atoms with Crippen LogP contribution >= 0.6 is 0 Å². The zero-order valence-corrected chi connectivity index (χ0v) is 8.75. The topological polar surface area (TPSA) is 38.3 Å². The van der Waals surface area contributed by atoms with Gasteiger partial charge in [0.15, 0.2) is 0 Å². The number of hydrogen-bond acceptors (Lipinski definition) is 2. The van der Waals surface area contributed by atoms with Crippen molar-refractivity contribution in [2.24, 2.45) is 0 Å². The van der Waals surface area contributed by atoms with E-state index in [1.54, 1.807) is 0 Å². The third kappa shape index (κ3) is 2.69. The third-order valence-corrected chi connectivity index (χ3v) is 2.73. The molecule has 2 rings (SSSR count). The number of rotatable bonds is 4. The number of hydrogen-bond donors (Lipinski definition) is 1. The van der Waals surface area contributed by atoms with E-state index in [9.17, 15) is 18.0 Å². The quantitative estimate of drug-likeness (QED) is 0.827. The fourth-order valence-corrected chi connectivity index (χ4v) is 1.73. The number of amides is 1. The van der Waals surface area contributed by atoms with Crippen LogP contribution in [0, 0.1) is 0 Å². The molecule has 1 aliphatic rings. The molecule has 0 unspecified atom stereocenters. The highest BCUT2D eigenvalue weighted by Crippen LogP contribution is 2.45. The van der Waals surface area contributed by atoms with Gasteiger partial charge in [-0.05, 0) is 30.5 Å². The fourth-order valence-electron chi connectivity index (χ4n) is 1.73. The third-order valence-electron chi connectivity index (χ3n) is 2.73. The van der Waals surface area contributed by atoms with Crippen LogP contribution in [0.5, 0.6) is 5.75 Å². The maximum Gasteiger partial charge on any atom is 0.573 e. The van der Waals surface area contributed by atoms with Gasteiger partial charge >= 0.3 is 6.36 Å². The van der Waals surface area contributed by atoms with E-state index >= 15 is 0 Å². The minimum Gasteiger partial charge on any atom is -0.406 e. The van der Waals surface area contributed by atoms with Crippen LogP contribution in [0.4, 0.5) is 13.2 Å². The SMILES string of the molecule is O=CNC1(c2ccc(OC(F)(F)F)cc2)CC1. The van der Waals surface area contributed by atoms with Gasteiger partial charge in [0.25, 0.3) is 0 Å². The molecule has 17 heavy (non-hydrogen) atoms. The monoisotopic (exact) mass is 245 g/mol. The summed E-state index contributed by atoms with van der Waals surface area (Å²) < 4.78 is 39.5. The fraction of sp³-hybridized carbons (Fsp3) is 0.364. The summed E-state index contributed by atoms with van der Waals surface area (Å²) in [6, 6.07) is 5.56. The second-order valence-electron chi connectivity index (χ2n) is 3.92. The van der Waals surface area contributed by atoms with Crippen molar-refractivity contribution < 1.29 is 22.7 Å². The Morgan fingerprint density at radius 1 is 1.24 bits per heavy atom. The van der Waals surface area contributed by atoms with Crippen LogP contribution in [-0.2, 0) is 10.3 Å². The summed E-state index contributed by atoms with van der Waals surface area (Å²) in [4.78, 5) is 10.4. The second kappa shape index (κ2) is 3.94. The zero-order chi connectivity index (χ0) is 12.5. The summed E-state index contributed by atoms with van der Waals surface area (Å²) in [5.41, 5.74) is 0.400. The lowest BCUT2D eigenvalue weighted by Gasteiger charge is -2.15. The van der Waals surface area contributed by atoms with E-state index in [4.69, 9.17) is 0 Å². The molecule has 1 aliphatic carbocycles. The van der Waals surface area contributed by atoms with E-state index in [0.717, 1.165) is 18.4 Å². The smallest absolute Gasteiger partial charge is 0.406 e. The number of halogens is 3. The van der Waals surface area contributed by atoms with Gasteiger partial charge in [-0.1, -0.05) is 12.1 Å². The first-order valence-electron chi connectivity index (χ1n) is 5.03. The minimum absolute atomic E-state index is 0.261. The average molecular weight is 245 g/mol. The molecule has 0 spiro atoms. The molecule has 0 saturated heterocycles. The van der Waals surface area contributed by atoms with E-state index in [1.807, 2.05) is 0 Å². The Kier molecular flexibility index (Phi) is 2.73. The van der Waals surface area contributed by atoms with Gasteiger partial charge in [0.05, 0.1) is 5.54 Å². The number of alkyl halides is 3. The maximum atomic E-state index is 11.9. The lowest BCUT2D eigenvalue weighted by Crippen LogP contribution is -2.27. The Hall–Kier alpha value is -1.72. The number of carbonyl (C=O) groups excluding carboxylic acids is 1. The minimum atomic E-state index is -4.68. The Labute approximate surface area is 95.6 Å². The number of carbonyl (C=O) groups is 1. The Bertz CT molecular complexity index is 410. The summed E-state index contributed by atoms with van der Waals surface area (Å²) in [6.07, 6.45) is -2.48. The van der Waals surface area contributed by atoms with Gasteiger partial charge in [-0.2, -0.15) is 0 Å². The van der Waals surface area contributed by atoms with Crippen molar-refractivity contribution in [1.82, 2.24) is 5.32 Å². The van der Waals surface area contributed by atoms with Gasteiger partial charge in [-0.25, -0.2) is 0 Å². The molecule has 0 heterocycles. The molecule has 0 radical (unpaired) electrons. The predicted molar refractivity (Wildman–Crippen MR) is 53.2 cm³/mol. The summed E-state index contributed by atoms with van der Waals surface area (Å²) >= 11 is 0. The number of nitrogens with one attached hydrogen (secondary N) is 1. The predicted octanol–water partition coefficient (Wildman–Crippen LogP) is 2.32. The standard InChI is InChI=1S/C11H10F3NO2/c12-11(13,14)17-9-3-1-8(2-4-9)10(5-6-10)15-7-16/h1-4,7H,5-6H2,(H,15,16). The van der Waals surface area contributed by atoms with E-state index in [2.05, 4.69) is 10.1 Å². The number of benzene rings is 1. The maximum absolute atomic E-state index is 11.9. The second-order valence-corrected chi connectivity index (χ2v) is 3.92.